The molecule has 0 aliphatic carbocycles. The molecule has 2 aromatic rings. The summed E-state index contributed by atoms with van der Waals surface area (Å²) in [5, 5.41) is 2.92. The Morgan fingerprint density at radius 1 is 1.07 bits per heavy atom. The van der Waals surface area contributed by atoms with Crippen LogP contribution in [0.25, 0.3) is 0 Å². The zero-order valence-electron chi connectivity index (χ0n) is 15.8. The molecular formula is C20H25N3O4S. The van der Waals surface area contributed by atoms with Crippen LogP contribution in [0.2, 0.25) is 0 Å². The van der Waals surface area contributed by atoms with Crippen molar-refractivity contribution in [2.24, 2.45) is 0 Å². The summed E-state index contributed by atoms with van der Waals surface area (Å²) in [4.78, 5) is 14.9. The summed E-state index contributed by atoms with van der Waals surface area (Å²) in [7, 11) is -3.39. The molecule has 8 heteroatoms. The number of carbonyl (C=O) groups is 1. The van der Waals surface area contributed by atoms with E-state index in [4.69, 9.17) is 4.74 Å². The molecule has 1 heterocycles. The molecular weight excluding hydrogens is 378 g/mol. The first-order valence-electron chi connectivity index (χ1n) is 9.14. The quantitative estimate of drug-likeness (QED) is 0.736. The highest BCUT2D eigenvalue weighted by Gasteiger charge is 2.14. The molecule has 3 rings (SSSR count). The minimum atomic E-state index is -3.39. The molecule has 1 saturated heterocycles. The lowest BCUT2D eigenvalue weighted by atomic mass is 10.1. The van der Waals surface area contributed by atoms with Crippen LogP contribution in [0.5, 0.6) is 0 Å². The summed E-state index contributed by atoms with van der Waals surface area (Å²) >= 11 is 0. The number of sulfonamides is 1. The van der Waals surface area contributed by atoms with Gasteiger partial charge in [-0.05, 0) is 29.3 Å². The van der Waals surface area contributed by atoms with Gasteiger partial charge in [0.25, 0.3) is 5.91 Å². The van der Waals surface area contributed by atoms with E-state index >= 15 is 0 Å². The number of ether oxygens (including phenoxy) is 1. The molecule has 1 aliphatic rings. The van der Waals surface area contributed by atoms with Gasteiger partial charge in [0.15, 0.2) is 0 Å². The molecule has 0 atom stereocenters. The van der Waals surface area contributed by atoms with E-state index < -0.39 is 10.0 Å². The highest BCUT2D eigenvalue weighted by Crippen LogP contribution is 2.15. The zero-order valence-corrected chi connectivity index (χ0v) is 16.7. The molecule has 1 fully saturated rings. The Morgan fingerprint density at radius 3 is 2.50 bits per heavy atom. The first-order valence-corrected chi connectivity index (χ1v) is 11.0. The summed E-state index contributed by atoms with van der Waals surface area (Å²) in [5.41, 5.74) is 3.01. The predicted molar refractivity (Wildman–Crippen MR) is 109 cm³/mol. The SMILES string of the molecule is CS(=O)(=O)Nc1cccc(C(=O)NCc2ccccc2CN2CCOCC2)c1. The van der Waals surface area contributed by atoms with Crippen LogP contribution in [0.3, 0.4) is 0 Å². The summed E-state index contributed by atoms with van der Waals surface area (Å²) in [6.45, 7) is 4.53. The number of anilines is 1. The number of rotatable bonds is 7. The molecule has 2 aromatic carbocycles. The normalized spacial score (nSPS) is 15.2. The van der Waals surface area contributed by atoms with Gasteiger partial charge in [-0.1, -0.05) is 30.3 Å². The third-order valence-corrected chi connectivity index (χ3v) is 5.09. The minimum Gasteiger partial charge on any atom is -0.379 e. The summed E-state index contributed by atoms with van der Waals surface area (Å²) in [6, 6.07) is 14.5. The van der Waals surface area contributed by atoms with Gasteiger partial charge in [-0.3, -0.25) is 14.4 Å². The molecule has 28 heavy (non-hydrogen) atoms. The maximum absolute atomic E-state index is 12.5. The Balaban J connectivity index is 1.64. The molecule has 2 N–H and O–H groups in total. The van der Waals surface area contributed by atoms with Crippen LogP contribution in [0.1, 0.15) is 21.5 Å². The number of nitrogens with zero attached hydrogens (tertiary/aromatic N) is 1. The molecule has 1 amide bonds. The molecule has 150 valence electrons. The number of hydrogen-bond acceptors (Lipinski definition) is 5. The van der Waals surface area contributed by atoms with Gasteiger partial charge in [0.05, 0.1) is 19.5 Å². The molecule has 0 spiro atoms. The first-order chi connectivity index (χ1) is 13.4. The van der Waals surface area contributed by atoms with Gasteiger partial charge in [-0.2, -0.15) is 0 Å². The van der Waals surface area contributed by atoms with Crippen molar-refractivity contribution in [2.45, 2.75) is 13.1 Å². The van der Waals surface area contributed by atoms with Gasteiger partial charge in [0.1, 0.15) is 0 Å². The second-order valence-corrected chi connectivity index (χ2v) is 8.54. The lowest BCUT2D eigenvalue weighted by Gasteiger charge is -2.27. The Kier molecular flexibility index (Phi) is 6.66. The van der Waals surface area contributed by atoms with E-state index in [0.29, 0.717) is 17.8 Å². The molecule has 0 unspecified atom stereocenters. The van der Waals surface area contributed by atoms with E-state index in [9.17, 15) is 13.2 Å². The van der Waals surface area contributed by atoms with Crippen LogP contribution in [0.4, 0.5) is 5.69 Å². The van der Waals surface area contributed by atoms with Crippen molar-refractivity contribution >= 4 is 21.6 Å². The van der Waals surface area contributed by atoms with Gasteiger partial charge in [0, 0.05) is 37.4 Å². The summed E-state index contributed by atoms with van der Waals surface area (Å²) in [6.07, 6.45) is 1.07. The van der Waals surface area contributed by atoms with Crippen molar-refractivity contribution < 1.29 is 17.9 Å². The number of benzene rings is 2. The molecule has 0 bridgehead atoms. The number of amides is 1. The fourth-order valence-corrected chi connectivity index (χ4v) is 3.66. The van der Waals surface area contributed by atoms with Crippen molar-refractivity contribution in [1.82, 2.24) is 10.2 Å². The van der Waals surface area contributed by atoms with E-state index in [1.807, 2.05) is 18.2 Å². The smallest absolute Gasteiger partial charge is 0.251 e. The van der Waals surface area contributed by atoms with Crippen molar-refractivity contribution in [3.8, 4) is 0 Å². The second kappa shape index (κ2) is 9.18. The highest BCUT2D eigenvalue weighted by molar-refractivity contribution is 7.92. The van der Waals surface area contributed by atoms with Crippen LogP contribution in [-0.4, -0.2) is 51.8 Å². The van der Waals surface area contributed by atoms with Crippen molar-refractivity contribution in [1.29, 1.82) is 0 Å². The Hall–Kier alpha value is -2.42. The number of nitrogens with one attached hydrogen (secondary N) is 2. The highest BCUT2D eigenvalue weighted by atomic mass is 32.2. The largest absolute Gasteiger partial charge is 0.379 e. The molecule has 0 radical (unpaired) electrons. The third kappa shape index (κ3) is 6.05. The monoisotopic (exact) mass is 403 g/mol. The lowest BCUT2D eigenvalue weighted by Crippen LogP contribution is -2.36. The Labute approximate surface area is 165 Å². The van der Waals surface area contributed by atoms with Crippen molar-refractivity contribution in [3.05, 3.63) is 65.2 Å². The number of carbonyl (C=O) groups excluding carboxylic acids is 1. The Bertz CT molecular complexity index is 925. The maximum atomic E-state index is 12.5. The standard InChI is InChI=1S/C20H25N3O4S/c1-28(25,26)22-19-8-4-7-16(13-19)20(24)21-14-17-5-2-3-6-18(17)15-23-9-11-27-12-10-23/h2-8,13,22H,9-12,14-15H2,1H3,(H,21,24). The van der Waals surface area contributed by atoms with E-state index in [-0.39, 0.29) is 5.91 Å². The summed E-state index contributed by atoms with van der Waals surface area (Å²) < 4.78 is 30.5. The molecule has 0 aromatic heterocycles. The fourth-order valence-electron chi connectivity index (χ4n) is 3.10. The van der Waals surface area contributed by atoms with Gasteiger partial charge < -0.3 is 10.1 Å². The molecule has 7 nitrogen and oxygen atoms in total. The van der Waals surface area contributed by atoms with Gasteiger partial charge in [-0.15, -0.1) is 0 Å². The van der Waals surface area contributed by atoms with E-state index in [1.54, 1.807) is 18.2 Å². The molecule has 1 aliphatic heterocycles. The Morgan fingerprint density at radius 2 is 1.79 bits per heavy atom. The van der Waals surface area contributed by atoms with Crippen LogP contribution < -0.4 is 10.0 Å². The minimum absolute atomic E-state index is 0.252. The van der Waals surface area contributed by atoms with Crippen LogP contribution in [-0.2, 0) is 27.8 Å². The van der Waals surface area contributed by atoms with Crippen LogP contribution >= 0.6 is 0 Å². The average molecular weight is 404 g/mol. The predicted octanol–water partition coefficient (Wildman–Crippen LogP) is 1.82. The van der Waals surface area contributed by atoms with Gasteiger partial charge >= 0.3 is 0 Å². The van der Waals surface area contributed by atoms with Crippen molar-refractivity contribution in [2.75, 3.05) is 37.3 Å². The number of morpholine rings is 1. The third-order valence-electron chi connectivity index (χ3n) is 4.48. The van der Waals surface area contributed by atoms with E-state index in [2.05, 4.69) is 21.0 Å². The fraction of sp³-hybridized carbons (Fsp3) is 0.350. The maximum Gasteiger partial charge on any atom is 0.251 e. The first kappa shape index (κ1) is 20.3. The molecule has 0 saturated carbocycles. The van der Waals surface area contributed by atoms with Crippen LogP contribution in [0, 0.1) is 0 Å². The zero-order chi connectivity index (χ0) is 20.0. The van der Waals surface area contributed by atoms with Crippen LogP contribution in [0.15, 0.2) is 48.5 Å². The summed E-state index contributed by atoms with van der Waals surface area (Å²) in [5.74, 6) is -0.252. The van der Waals surface area contributed by atoms with E-state index in [1.165, 1.54) is 11.6 Å². The van der Waals surface area contributed by atoms with Gasteiger partial charge in [0.2, 0.25) is 10.0 Å². The van der Waals surface area contributed by atoms with E-state index in [0.717, 1.165) is 44.7 Å². The van der Waals surface area contributed by atoms with Gasteiger partial charge in [-0.25, -0.2) is 8.42 Å². The second-order valence-electron chi connectivity index (χ2n) is 6.79. The van der Waals surface area contributed by atoms with Crippen molar-refractivity contribution in [3.63, 3.8) is 0 Å². The average Bonchev–Trinajstić information content (AvgIpc) is 2.67. The topological polar surface area (TPSA) is 87.7 Å². The lowest BCUT2D eigenvalue weighted by molar-refractivity contribution is 0.0340. The number of hydrogen-bond donors (Lipinski definition) is 2.